The molecule has 284 valence electrons. The number of rotatable bonds is 9. The van der Waals surface area contributed by atoms with Crippen LogP contribution in [0.25, 0.3) is 21.9 Å². The zero-order chi connectivity index (χ0) is 38.6. The van der Waals surface area contributed by atoms with E-state index in [0.29, 0.717) is 34.6 Å². The molecule has 1 amide bonds. The summed E-state index contributed by atoms with van der Waals surface area (Å²) in [6, 6.07) is 19.6. The van der Waals surface area contributed by atoms with Crippen molar-refractivity contribution >= 4 is 44.3 Å². The van der Waals surface area contributed by atoms with Gasteiger partial charge in [0.25, 0.3) is 5.92 Å². The second-order valence-corrected chi connectivity index (χ2v) is 15.1. The van der Waals surface area contributed by atoms with Gasteiger partial charge in [-0.15, -0.1) is 0 Å². The smallest absolute Gasteiger partial charge is 0.490 e. The predicted molar refractivity (Wildman–Crippen MR) is 189 cm³/mol. The first-order valence-electron chi connectivity index (χ1n) is 16.8. The number of carboxylic acids is 1. The average Bonchev–Trinajstić information content (AvgIpc) is 3.64. The van der Waals surface area contributed by atoms with E-state index in [-0.39, 0.29) is 30.1 Å². The van der Waals surface area contributed by atoms with E-state index in [0.717, 1.165) is 36.6 Å². The van der Waals surface area contributed by atoms with E-state index in [4.69, 9.17) is 32.0 Å². The van der Waals surface area contributed by atoms with Gasteiger partial charge in [0, 0.05) is 29.7 Å². The standard InChI is InChI=1S/C35H36ClF2N3O4S.C2HF3O2/c36-28-13-7-24(8-14-28)23-5-11-27(12-6-23)35(37,38)33(34(42)41-19-17-29(39)18-20-41)40-46(43,44)32-16-10-25-21-31(15-9-26(25)22-32)45-30-3-1-2-4-30;3-2(4,5)1(6)7/h5-16,21-22,29-30,33,40H,1-4,17-20,39H2;(H,6,7). The van der Waals surface area contributed by atoms with Gasteiger partial charge >= 0.3 is 12.1 Å². The molecule has 1 saturated heterocycles. The Labute approximate surface area is 307 Å². The second kappa shape index (κ2) is 16.4. The van der Waals surface area contributed by atoms with Crippen LogP contribution in [0.2, 0.25) is 5.02 Å². The molecule has 53 heavy (non-hydrogen) atoms. The van der Waals surface area contributed by atoms with E-state index in [9.17, 15) is 26.4 Å². The Balaban J connectivity index is 0.000000705. The number of aliphatic carboxylic acids is 1. The highest BCUT2D eigenvalue weighted by atomic mass is 35.5. The Morgan fingerprint density at radius 1 is 0.830 bits per heavy atom. The molecule has 9 nitrogen and oxygen atoms in total. The fourth-order valence-electron chi connectivity index (χ4n) is 6.14. The highest BCUT2D eigenvalue weighted by Crippen LogP contribution is 2.36. The van der Waals surface area contributed by atoms with Crippen LogP contribution in [0.3, 0.4) is 0 Å². The second-order valence-electron chi connectivity index (χ2n) is 12.9. The maximum absolute atomic E-state index is 16.4. The summed E-state index contributed by atoms with van der Waals surface area (Å²) in [7, 11) is -4.57. The van der Waals surface area contributed by atoms with Crippen molar-refractivity contribution in [1.29, 1.82) is 0 Å². The molecule has 1 unspecified atom stereocenters. The number of nitrogens with zero attached hydrogens (tertiary/aromatic N) is 1. The highest BCUT2D eigenvalue weighted by Gasteiger charge is 2.50. The lowest BCUT2D eigenvalue weighted by Crippen LogP contribution is -2.57. The van der Waals surface area contributed by atoms with Crippen LogP contribution in [0.5, 0.6) is 5.75 Å². The van der Waals surface area contributed by atoms with Crippen molar-refractivity contribution in [3.8, 4) is 16.9 Å². The highest BCUT2D eigenvalue weighted by molar-refractivity contribution is 7.89. The normalized spacial score (nSPS) is 16.5. The monoisotopic (exact) mass is 781 g/mol. The number of carboxylic acid groups (broad SMARTS) is 1. The molecule has 0 radical (unpaired) electrons. The summed E-state index contributed by atoms with van der Waals surface area (Å²) >= 11 is 5.98. The third-order valence-electron chi connectivity index (χ3n) is 9.12. The number of sulfonamides is 1. The molecule has 1 atom stereocenters. The third-order valence-corrected chi connectivity index (χ3v) is 10.8. The predicted octanol–water partition coefficient (Wildman–Crippen LogP) is 7.50. The molecule has 4 N–H and O–H groups in total. The van der Waals surface area contributed by atoms with Crippen molar-refractivity contribution < 1.29 is 49.8 Å². The van der Waals surface area contributed by atoms with Crippen LogP contribution in [0.4, 0.5) is 22.0 Å². The maximum Gasteiger partial charge on any atom is 0.490 e. The number of hydrogen-bond acceptors (Lipinski definition) is 6. The largest absolute Gasteiger partial charge is 0.490 e. The Hall–Kier alpha value is -4.31. The van der Waals surface area contributed by atoms with Gasteiger partial charge in [-0.05, 0) is 96.8 Å². The van der Waals surface area contributed by atoms with Crippen LogP contribution in [0.1, 0.15) is 44.1 Å². The first-order valence-corrected chi connectivity index (χ1v) is 18.6. The van der Waals surface area contributed by atoms with Gasteiger partial charge in [-0.2, -0.15) is 26.7 Å². The summed E-state index contributed by atoms with van der Waals surface area (Å²) in [6.45, 7) is 0.316. The fourth-order valence-corrected chi connectivity index (χ4v) is 7.49. The van der Waals surface area contributed by atoms with Crippen LogP contribution in [-0.4, -0.2) is 67.8 Å². The van der Waals surface area contributed by atoms with E-state index >= 15 is 8.78 Å². The van der Waals surface area contributed by atoms with Crippen LogP contribution in [0, 0.1) is 0 Å². The minimum atomic E-state index is -5.08. The van der Waals surface area contributed by atoms with Gasteiger partial charge in [-0.3, -0.25) is 4.79 Å². The summed E-state index contributed by atoms with van der Waals surface area (Å²) in [6.07, 6.45) is 0.226. The van der Waals surface area contributed by atoms with Crippen molar-refractivity contribution in [2.45, 2.75) is 73.7 Å². The molecular weight excluding hydrogens is 745 g/mol. The number of hydrogen-bond donors (Lipinski definition) is 3. The molecule has 1 aliphatic carbocycles. The zero-order valence-corrected chi connectivity index (χ0v) is 29.7. The average molecular weight is 782 g/mol. The molecule has 4 aromatic carbocycles. The van der Waals surface area contributed by atoms with Crippen LogP contribution in [-0.2, 0) is 25.5 Å². The summed E-state index contributed by atoms with van der Waals surface area (Å²) in [5.41, 5.74) is 6.92. The number of alkyl halides is 5. The van der Waals surface area contributed by atoms with Gasteiger partial charge in [-0.25, -0.2) is 13.2 Å². The third kappa shape index (κ3) is 10.0. The molecule has 0 aromatic heterocycles. The van der Waals surface area contributed by atoms with Crippen LogP contribution in [0.15, 0.2) is 89.8 Å². The zero-order valence-electron chi connectivity index (χ0n) is 28.2. The summed E-state index contributed by atoms with van der Waals surface area (Å²) in [5.74, 6) is -6.95. The Morgan fingerprint density at radius 2 is 1.36 bits per heavy atom. The SMILES string of the molecule is NC1CCN(C(=O)C(NS(=O)(=O)c2ccc3cc(OC4CCCC4)ccc3c2)C(F)(F)c2ccc(-c3ccc(Cl)cc3)cc2)CC1.O=C(O)C(F)(F)F. The molecule has 4 aromatic rings. The van der Waals surface area contributed by atoms with Gasteiger partial charge in [0.2, 0.25) is 15.9 Å². The summed E-state index contributed by atoms with van der Waals surface area (Å²) in [4.78, 5) is 23.6. The van der Waals surface area contributed by atoms with E-state index in [1.165, 1.54) is 41.3 Å². The molecule has 1 aliphatic heterocycles. The fraction of sp³-hybridized carbons (Fsp3) is 0.351. The van der Waals surface area contributed by atoms with Gasteiger partial charge in [0.05, 0.1) is 11.0 Å². The number of likely N-dealkylation sites (tertiary alicyclic amines) is 1. The molecule has 1 heterocycles. The Bertz CT molecular complexity index is 2020. The topological polar surface area (TPSA) is 139 Å². The van der Waals surface area contributed by atoms with Crippen molar-refractivity contribution in [2.24, 2.45) is 5.73 Å². The number of nitrogens with two attached hydrogens (primary N) is 1. The molecule has 2 fully saturated rings. The molecular formula is C37H37ClF5N3O6S. The minimum absolute atomic E-state index is 0.151. The number of fused-ring (bicyclic) bond motifs is 1. The molecule has 1 saturated carbocycles. The maximum atomic E-state index is 16.4. The Morgan fingerprint density at radius 3 is 1.92 bits per heavy atom. The first kappa shape index (κ1) is 39.9. The van der Waals surface area contributed by atoms with Gasteiger partial charge in [-0.1, -0.05) is 60.1 Å². The number of piperidine rings is 1. The molecule has 6 rings (SSSR count). The van der Waals surface area contributed by atoms with Crippen LogP contribution >= 0.6 is 11.6 Å². The lowest BCUT2D eigenvalue weighted by Gasteiger charge is -2.35. The number of halogens is 6. The van der Waals surface area contributed by atoms with Crippen molar-refractivity contribution in [2.75, 3.05) is 13.1 Å². The number of ether oxygens (including phenoxy) is 1. The van der Waals surface area contributed by atoms with Gasteiger partial charge in [0.1, 0.15) is 5.75 Å². The van der Waals surface area contributed by atoms with Crippen molar-refractivity contribution in [3.05, 3.63) is 95.5 Å². The van der Waals surface area contributed by atoms with E-state index in [1.807, 2.05) is 6.07 Å². The Kier molecular flexibility index (Phi) is 12.3. The molecule has 16 heteroatoms. The number of amides is 1. The lowest BCUT2D eigenvalue weighted by atomic mass is 9.96. The molecule has 2 aliphatic rings. The van der Waals surface area contributed by atoms with Crippen molar-refractivity contribution in [3.63, 3.8) is 0 Å². The first-order chi connectivity index (χ1) is 24.9. The summed E-state index contributed by atoms with van der Waals surface area (Å²) < 4.78 is 100. The van der Waals surface area contributed by atoms with E-state index in [2.05, 4.69) is 4.72 Å². The van der Waals surface area contributed by atoms with Crippen LogP contribution < -0.4 is 15.2 Å². The molecule has 0 bridgehead atoms. The van der Waals surface area contributed by atoms with E-state index in [1.54, 1.807) is 42.5 Å². The number of nitrogens with one attached hydrogen (secondary N) is 1. The minimum Gasteiger partial charge on any atom is -0.490 e. The number of carbonyl (C=O) groups excluding carboxylic acids is 1. The number of benzene rings is 4. The quantitative estimate of drug-likeness (QED) is 0.150. The number of carbonyl (C=O) groups is 2. The van der Waals surface area contributed by atoms with Crippen molar-refractivity contribution in [1.82, 2.24) is 9.62 Å². The van der Waals surface area contributed by atoms with E-state index < -0.39 is 45.6 Å². The molecule has 0 spiro atoms. The van der Waals surface area contributed by atoms with Gasteiger partial charge in [0.15, 0.2) is 6.04 Å². The van der Waals surface area contributed by atoms with Gasteiger partial charge < -0.3 is 20.5 Å². The lowest BCUT2D eigenvalue weighted by molar-refractivity contribution is -0.192. The summed E-state index contributed by atoms with van der Waals surface area (Å²) in [5, 5.41) is 9.01.